The fraction of sp³-hybridized carbons (Fsp3) is 0.640. The number of hydrogen-bond acceptors (Lipinski definition) is 5. The summed E-state index contributed by atoms with van der Waals surface area (Å²) in [6, 6.07) is 9.54. The van der Waals surface area contributed by atoms with Crippen LogP contribution in [0.25, 0.3) is 0 Å². The van der Waals surface area contributed by atoms with E-state index in [0.717, 1.165) is 36.1 Å². The minimum absolute atomic E-state index is 0.649. The van der Waals surface area contributed by atoms with E-state index in [-0.39, 0.29) is 0 Å². The van der Waals surface area contributed by atoms with E-state index in [9.17, 15) is 0 Å². The maximum absolute atomic E-state index is 5.88. The minimum Gasteiger partial charge on any atom is -0.494 e. The zero-order chi connectivity index (χ0) is 21.2. The van der Waals surface area contributed by atoms with Crippen molar-refractivity contribution in [2.24, 2.45) is 0 Å². The van der Waals surface area contributed by atoms with E-state index in [0.29, 0.717) is 12.1 Å². The number of piperidine rings is 1. The van der Waals surface area contributed by atoms with Crippen molar-refractivity contribution in [3.8, 4) is 5.75 Å². The van der Waals surface area contributed by atoms with Crippen molar-refractivity contribution in [3.63, 3.8) is 0 Å². The SMILES string of the molecule is CCCCCCCCOc1ccc(Nc2nc(CN3C(C)CCCC3C)cs2)cc1. The Balaban J connectivity index is 1.41. The molecule has 3 rings (SSSR count). The van der Waals surface area contributed by atoms with E-state index >= 15 is 0 Å². The lowest BCUT2D eigenvalue weighted by Gasteiger charge is -2.38. The molecule has 0 bridgehead atoms. The Bertz CT molecular complexity index is 720. The predicted molar refractivity (Wildman–Crippen MR) is 129 cm³/mol. The molecule has 4 nitrogen and oxygen atoms in total. The van der Waals surface area contributed by atoms with Gasteiger partial charge < -0.3 is 10.1 Å². The van der Waals surface area contributed by atoms with Crippen LogP contribution in [0, 0.1) is 0 Å². The molecule has 1 aliphatic rings. The molecule has 1 N–H and O–H groups in total. The van der Waals surface area contributed by atoms with Crippen molar-refractivity contribution in [2.45, 2.75) is 97.2 Å². The van der Waals surface area contributed by atoms with E-state index < -0.39 is 0 Å². The van der Waals surface area contributed by atoms with Crippen LogP contribution in [0.1, 0.15) is 84.3 Å². The summed E-state index contributed by atoms with van der Waals surface area (Å²) >= 11 is 1.68. The monoisotopic (exact) mass is 429 g/mol. The van der Waals surface area contributed by atoms with Gasteiger partial charge in [0.2, 0.25) is 0 Å². The fourth-order valence-corrected chi connectivity index (χ4v) is 4.96. The number of anilines is 2. The molecule has 2 unspecified atom stereocenters. The zero-order valence-electron chi connectivity index (χ0n) is 19.0. The van der Waals surface area contributed by atoms with Gasteiger partial charge in [0.1, 0.15) is 5.75 Å². The average molecular weight is 430 g/mol. The molecule has 1 saturated heterocycles. The van der Waals surface area contributed by atoms with Gasteiger partial charge in [0.25, 0.3) is 0 Å². The molecule has 1 aromatic heterocycles. The lowest BCUT2D eigenvalue weighted by molar-refractivity contribution is 0.0941. The molecule has 0 spiro atoms. The van der Waals surface area contributed by atoms with Crippen molar-refractivity contribution >= 4 is 22.2 Å². The Morgan fingerprint density at radius 1 is 1.03 bits per heavy atom. The average Bonchev–Trinajstić information content (AvgIpc) is 3.18. The highest BCUT2D eigenvalue weighted by molar-refractivity contribution is 7.13. The maximum Gasteiger partial charge on any atom is 0.187 e. The summed E-state index contributed by atoms with van der Waals surface area (Å²) in [5.41, 5.74) is 2.23. The van der Waals surface area contributed by atoms with Gasteiger partial charge in [-0.2, -0.15) is 0 Å². The van der Waals surface area contributed by atoms with Crippen molar-refractivity contribution in [2.75, 3.05) is 11.9 Å². The number of unbranched alkanes of at least 4 members (excludes halogenated alkanes) is 5. The van der Waals surface area contributed by atoms with Gasteiger partial charge in [-0.1, -0.05) is 45.4 Å². The molecular formula is C25H39N3OS. The van der Waals surface area contributed by atoms with Crippen LogP contribution in [0.15, 0.2) is 29.6 Å². The number of rotatable bonds is 12. The molecule has 0 saturated carbocycles. The predicted octanol–water partition coefficient (Wildman–Crippen LogP) is 7.39. The first kappa shape index (κ1) is 23.1. The van der Waals surface area contributed by atoms with Crippen LogP contribution in [-0.4, -0.2) is 28.6 Å². The first-order chi connectivity index (χ1) is 14.7. The van der Waals surface area contributed by atoms with Crippen molar-refractivity contribution in [3.05, 3.63) is 35.3 Å². The molecule has 5 heteroatoms. The normalized spacial score (nSPS) is 19.7. The largest absolute Gasteiger partial charge is 0.494 e. The lowest BCUT2D eigenvalue weighted by atomic mass is 9.97. The number of likely N-dealkylation sites (tertiary alicyclic amines) is 1. The number of benzene rings is 1. The quantitative estimate of drug-likeness (QED) is 0.357. The summed E-state index contributed by atoms with van der Waals surface area (Å²) in [5, 5.41) is 6.59. The van der Waals surface area contributed by atoms with E-state index in [1.54, 1.807) is 11.3 Å². The standard InChI is InChI=1S/C25H39N3OS/c1-4-5-6-7-8-9-17-29-24-15-13-22(14-16-24)26-25-27-23(19-30-25)18-28-20(2)11-10-12-21(28)3/h13-16,19-21H,4-12,17-18H2,1-3H3,(H,26,27). The molecule has 166 valence electrons. The van der Waals surface area contributed by atoms with Gasteiger partial charge in [0.15, 0.2) is 5.13 Å². The molecule has 1 fully saturated rings. The highest BCUT2D eigenvalue weighted by atomic mass is 32.1. The van der Waals surface area contributed by atoms with E-state index in [1.807, 2.05) is 12.1 Å². The first-order valence-electron chi connectivity index (χ1n) is 11.9. The molecule has 1 aliphatic heterocycles. The third kappa shape index (κ3) is 7.28. The van der Waals surface area contributed by atoms with Gasteiger partial charge >= 0.3 is 0 Å². The second-order valence-corrected chi connectivity index (χ2v) is 9.57. The van der Waals surface area contributed by atoms with Gasteiger partial charge in [-0.25, -0.2) is 4.98 Å². The van der Waals surface area contributed by atoms with Crippen LogP contribution in [0.3, 0.4) is 0 Å². The van der Waals surface area contributed by atoms with Crippen LogP contribution in [0.2, 0.25) is 0 Å². The molecule has 30 heavy (non-hydrogen) atoms. The molecule has 1 aromatic carbocycles. The molecular weight excluding hydrogens is 390 g/mol. The Labute approximate surface area is 187 Å². The first-order valence-corrected chi connectivity index (χ1v) is 12.7. The Morgan fingerprint density at radius 2 is 1.73 bits per heavy atom. The number of hydrogen-bond donors (Lipinski definition) is 1. The number of nitrogens with one attached hydrogen (secondary N) is 1. The highest BCUT2D eigenvalue weighted by Gasteiger charge is 2.25. The molecule has 0 amide bonds. The van der Waals surface area contributed by atoms with Crippen molar-refractivity contribution < 1.29 is 4.74 Å². The van der Waals surface area contributed by atoms with Gasteiger partial charge in [0.05, 0.1) is 12.3 Å². The second kappa shape index (κ2) is 12.3. The summed E-state index contributed by atoms with van der Waals surface area (Å²) in [5.74, 6) is 0.946. The van der Waals surface area contributed by atoms with Crippen LogP contribution in [0.5, 0.6) is 5.75 Å². The molecule has 2 heterocycles. The van der Waals surface area contributed by atoms with Crippen LogP contribution in [0.4, 0.5) is 10.8 Å². The van der Waals surface area contributed by atoms with E-state index in [2.05, 4.69) is 48.5 Å². The van der Waals surface area contributed by atoms with Crippen LogP contribution in [-0.2, 0) is 6.54 Å². The second-order valence-electron chi connectivity index (χ2n) is 8.71. The van der Waals surface area contributed by atoms with Crippen molar-refractivity contribution in [1.82, 2.24) is 9.88 Å². The number of ether oxygens (including phenoxy) is 1. The van der Waals surface area contributed by atoms with E-state index in [1.165, 1.54) is 57.1 Å². The third-order valence-electron chi connectivity index (χ3n) is 6.14. The third-order valence-corrected chi connectivity index (χ3v) is 6.95. The van der Waals surface area contributed by atoms with Crippen molar-refractivity contribution in [1.29, 1.82) is 0 Å². The summed E-state index contributed by atoms with van der Waals surface area (Å²) < 4.78 is 5.88. The van der Waals surface area contributed by atoms with Gasteiger partial charge in [-0.3, -0.25) is 4.90 Å². The zero-order valence-corrected chi connectivity index (χ0v) is 19.8. The summed E-state index contributed by atoms with van der Waals surface area (Å²) in [4.78, 5) is 7.41. The molecule has 2 aromatic rings. The van der Waals surface area contributed by atoms with Gasteiger partial charge in [-0.05, 0) is 57.4 Å². The van der Waals surface area contributed by atoms with Gasteiger partial charge in [-0.15, -0.1) is 11.3 Å². The molecule has 0 radical (unpaired) electrons. The Kier molecular flexibility index (Phi) is 9.47. The highest BCUT2D eigenvalue weighted by Crippen LogP contribution is 2.27. The van der Waals surface area contributed by atoms with Gasteiger partial charge in [0, 0.05) is 29.7 Å². The molecule has 2 atom stereocenters. The van der Waals surface area contributed by atoms with Crippen LogP contribution >= 0.6 is 11.3 Å². The molecule has 0 aliphatic carbocycles. The number of thiazole rings is 1. The Morgan fingerprint density at radius 3 is 2.47 bits per heavy atom. The Hall–Kier alpha value is -1.59. The summed E-state index contributed by atoms with van der Waals surface area (Å²) in [6.07, 6.45) is 11.7. The fourth-order valence-electron chi connectivity index (χ4n) is 4.24. The number of nitrogens with zero attached hydrogens (tertiary/aromatic N) is 2. The summed E-state index contributed by atoms with van der Waals surface area (Å²) in [6.45, 7) is 8.70. The number of aromatic nitrogens is 1. The topological polar surface area (TPSA) is 37.4 Å². The summed E-state index contributed by atoms with van der Waals surface area (Å²) in [7, 11) is 0. The lowest BCUT2D eigenvalue weighted by Crippen LogP contribution is -2.43. The van der Waals surface area contributed by atoms with Crippen LogP contribution < -0.4 is 10.1 Å². The van der Waals surface area contributed by atoms with E-state index in [4.69, 9.17) is 9.72 Å². The maximum atomic E-state index is 5.88. The minimum atomic E-state index is 0.649. The smallest absolute Gasteiger partial charge is 0.187 e.